The number of nitrogens with zero attached hydrogens (tertiary/aromatic N) is 6. The molecule has 0 radical (unpaired) electrons. The molecule has 9 heteroatoms. The lowest BCUT2D eigenvalue weighted by Crippen LogP contribution is -2.37. The molecular formula is C19H20FN7O. The Morgan fingerprint density at radius 3 is 2.82 bits per heavy atom. The van der Waals surface area contributed by atoms with Gasteiger partial charge in [-0.1, -0.05) is 18.6 Å². The number of hydrazine groups is 1. The number of ether oxygens (including phenoxy) is 1. The first-order valence-electron chi connectivity index (χ1n) is 9.35. The van der Waals surface area contributed by atoms with Crippen LogP contribution in [0.1, 0.15) is 30.7 Å². The maximum Gasteiger partial charge on any atom is 0.235 e. The largest absolute Gasteiger partial charge is 0.473 e. The highest BCUT2D eigenvalue weighted by molar-refractivity contribution is 5.60. The smallest absolute Gasteiger partial charge is 0.235 e. The van der Waals surface area contributed by atoms with Gasteiger partial charge in [-0.15, -0.1) is 15.3 Å². The zero-order valence-electron chi connectivity index (χ0n) is 15.4. The lowest BCUT2D eigenvalue weighted by molar-refractivity contribution is 0.223. The molecule has 5 rings (SSSR count). The second kappa shape index (κ2) is 6.83. The third-order valence-corrected chi connectivity index (χ3v) is 5.20. The van der Waals surface area contributed by atoms with E-state index in [4.69, 9.17) is 4.74 Å². The molecule has 1 fully saturated rings. The number of fused-ring (bicyclic) bond motifs is 1. The molecule has 144 valence electrons. The minimum atomic E-state index is -0.364. The molecule has 0 amide bonds. The molecule has 1 aromatic carbocycles. The van der Waals surface area contributed by atoms with Gasteiger partial charge in [0.1, 0.15) is 18.8 Å². The van der Waals surface area contributed by atoms with Crippen molar-refractivity contribution < 1.29 is 9.13 Å². The molecule has 0 bridgehead atoms. The third-order valence-electron chi connectivity index (χ3n) is 5.20. The van der Waals surface area contributed by atoms with Crippen LogP contribution in [0.2, 0.25) is 0 Å². The molecule has 2 aliphatic rings. The molecule has 2 aromatic heterocycles. The molecule has 0 saturated heterocycles. The van der Waals surface area contributed by atoms with Crippen molar-refractivity contribution in [3.05, 3.63) is 41.7 Å². The highest BCUT2D eigenvalue weighted by Gasteiger charge is 2.27. The molecule has 1 atom stereocenters. The summed E-state index contributed by atoms with van der Waals surface area (Å²) in [5.41, 5.74) is 5.13. The van der Waals surface area contributed by atoms with Gasteiger partial charge >= 0.3 is 0 Å². The van der Waals surface area contributed by atoms with Crippen molar-refractivity contribution in [2.24, 2.45) is 4.99 Å². The summed E-state index contributed by atoms with van der Waals surface area (Å²) in [4.78, 5) is 4.33. The highest BCUT2D eigenvalue weighted by atomic mass is 19.1. The van der Waals surface area contributed by atoms with Crippen molar-refractivity contribution in [3.63, 3.8) is 0 Å². The van der Waals surface area contributed by atoms with E-state index < -0.39 is 0 Å². The van der Waals surface area contributed by atoms with E-state index in [1.807, 2.05) is 13.1 Å². The first-order valence-corrected chi connectivity index (χ1v) is 9.35. The summed E-state index contributed by atoms with van der Waals surface area (Å²) < 4.78 is 21.9. The number of benzene rings is 1. The predicted octanol–water partition coefficient (Wildman–Crippen LogP) is 2.38. The number of rotatable bonds is 5. The van der Waals surface area contributed by atoms with Crippen LogP contribution in [0.25, 0.3) is 17.0 Å². The summed E-state index contributed by atoms with van der Waals surface area (Å²) in [6.45, 7) is 0.343. The molecular weight excluding hydrogens is 361 g/mol. The zero-order chi connectivity index (χ0) is 19.1. The summed E-state index contributed by atoms with van der Waals surface area (Å²) in [5, 5.41) is 14.8. The number of hydrogen-bond donors (Lipinski definition) is 1. The number of aliphatic imine (C=N–C) groups is 1. The first-order chi connectivity index (χ1) is 13.7. The molecule has 3 heterocycles. The van der Waals surface area contributed by atoms with Gasteiger partial charge in [-0.3, -0.25) is 10.0 Å². The summed E-state index contributed by atoms with van der Waals surface area (Å²) in [6.07, 6.45) is 4.95. The summed E-state index contributed by atoms with van der Waals surface area (Å²) >= 11 is 0. The van der Waals surface area contributed by atoms with Crippen LogP contribution in [0.3, 0.4) is 0 Å². The van der Waals surface area contributed by atoms with Crippen LogP contribution >= 0.6 is 0 Å². The van der Waals surface area contributed by atoms with E-state index in [9.17, 15) is 4.39 Å². The Hall–Kier alpha value is -3.07. The third kappa shape index (κ3) is 2.97. The van der Waals surface area contributed by atoms with Gasteiger partial charge in [-0.2, -0.15) is 4.52 Å². The van der Waals surface area contributed by atoms with Crippen molar-refractivity contribution >= 4 is 12.0 Å². The zero-order valence-corrected chi connectivity index (χ0v) is 15.4. The average molecular weight is 381 g/mol. The highest BCUT2D eigenvalue weighted by Crippen LogP contribution is 2.40. The number of aromatic nitrogens is 4. The molecule has 1 N–H and O–H groups in total. The van der Waals surface area contributed by atoms with E-state index >= 15 is 0 Å². The van der Waals surface area contributed by atoms with Crippen molar-refractivity contribution in [3.8, 4) is 17.3 Å². The Morgan fingerprint density at radius 2 is 2.11 bits per heavy atom. The van der Waals surface area contributed by atoms with Gasteiger partial charge < -0.3 is 4.74 Å². The fraction of sp³-hybridized carbons (Fsp3) is 0.368. The maximum atomic E-state index is 14.3. The SMILES string of the molecule is CN1C=NC(COc2nn3c(-c4ccccc4F)nnc3cc2C2CCC2)N1. The van der Waals surface area contributed by atoms with E-state index in [-0.39, 0.29) is 12.0 Å². The van der Waals surface area contributed by atoms with Crippen molar-refractivity contribution in [1.82, 2.24) is 30.2 Å². The molecule has 1 unspecified atom stereocenters. The normalized spacial score (nSPS) is 19.4. The number of hydrogen-bond acceptors (Lipinski definition) is 7. The standard InChI is InChI=1S/C19H20FN7O/c1-26-11-21-16(24-26)10-28-19-14(12-5-4-6-12)9-17-22-23-18(27(17)25-19)13-7-2-3-8-15(13)20/h2-3,7-9,11-12,16,24H,4-6,10H2,1H3. The molecule has 28 heavy (non-hydrogen) atoms. The van der Waals surface area contributed by atoms with Crippen LogP contribution in [0.15, 0.2) is 35.3 Å². The molecule has 1 aliphatic carbocycles. The summed E-state index contributed by atoms with van der Waals surface area (Å²) in [5.74, 6) is 0.927. The predicted molar refractivity (Wildman–Crippen MR) is 101 cm³/mol. The Morgan fingerprint density at radius 1 is 1.25 bits per heavy atom. The van der Waals surface area contributed by atoms with E-state index in [1.165, 1.54) is 12.5 Å². The van der Waals surface area contributed by atoms with Crippen LogP contribution in [-0.2, 0) is 0 Å². The van der Waals surface area contributed by atoms with Crippen LogP contribution in [-0.4, -0.2) is 51.0 Å². The van der Waals surface area contributed by atoms with Gasteiger partial charge in [0.05, 0.1) is 5.56 Å². The molecule has 1 aliphatic heterocycles. The summed E-state index contributed by atoms with van der Waals surface area (Å²) in [6, 6.07) is 8.43. The van der Waals surface area contributed by atoms with Crippen LogP contribution < -0.4 is 10.2 Å². The molecule has 0 spiro atoms. The maximum absolute atomic E-state index is 14.3. The minimum absolute atomic E-state index is 0.163. The average Bonchev–Trinajstić information content (AvgIpc) is 3.24. The quantitative estimate of drug-likeness (QED) is 0.731. The molecule has 1 saturated carbocycles. The molecule has 3 aromatic rings. The van der Waals surface area contributed by atoms with E-state index in [0.717, 1.165) is 18.4 Å². The number of nitrogens with one attached hydrogen (secondary N) is 1. The Kier molecular flexibility index (Phi) is 4.16. The minimum Gasteiger partial charge on any atom is -0.473 e. The van der Waals surface area contributed by atoms with E-state index in [0.29, 0.717) is 35.4 Å². The van der Waals surface area contributed by atoms with Gasteiger partial charge in [-0.25, -0.2) is 9.82 Å². The van der Waals surface area contributed by atoms with Crippen molar-refractivity contribution in [2.75, 3.05) is 13.7 Å². The lowest BCUT2D eigenvalue weighted by atomic mass is 9.80. The van der Waals surface area contributed by atoms with Gasteiger partial charge in [0, 0.05) is 12.6 Å². The van der Waals surface area contributed by atoms with Gasteiger partial charge in [0.2, 0.25) is 5.88 Å². The van der Waals surface area contributed by atoms with Crippen molar-refractivity contribution in [2.45, 2.75) is 31.3 Å². The second-order valence-electron chi connectivity index (χ2n) is 7.14. The van der Waals surface area contributed by atoms with Gasteiger partial charge in [0.25, 0.3) is 0 Å². The monoisotopic (exact) mass is 381 g/mol. The van der Waals surface area contributed by atoms with Crippen LogP contribution in [0.5, 0.6) is 5.88 Å². The van der Waals surface area contributed by atoms with E-state index in [2.05, 4.69) is 25.7 Å². The second-order valence-corrected chi connectivity index (χ2v) is 7.14. The van der Waals surface area contributed by atoms with Crippen LogP contribution in [0, 0.1) is 5.82 Å². The Labute approximate surface area is 161 Å². The lowest BCUT2D eigenvalue weighted by Gasteiger charge is -2.27. The fourth-order valence-corrected chi connectivity index (χ4v) is 3.48. The van der Waals surface area contributed by atoms with Crippen molar-refractivity contribution in [1.29, 1.82) is 0 Å². The fourth-order valence-electron chi connectivity index (χ4n) is 3.48. The Balaban J connectivity index is 1.53. The van der Waals surface area contributed by atoms with Gasteiger partial charge in [-0.05, 0) is 37.0 Å². The topological polar surface area (TPSA) is 79.9 Å². The summed E-state index contributed by atoms with van der Waals surface area (Å²) in [7, 11) is 1.88. The van der Waals surface area contributed by atoms with Crippen LogP contribution in [0.4, 0.5) is 4.39 Å². The Bertz CT molecular complexity index is 1050. The van der Waals surface area contributed by atoms with Gasteiger partial charge in [0.15, 0.2) is 17.6 Å². The number of halogens is 1. The first kappa shape index (κ1) is 17.1. The molecule has 8 nitrogen and oxygen atoms in total. The van der Waals surface area contributed by atoms with E-state index in [1.54, 1.807) is 34.1 Å².